The summed E-state index contributed by atoms with van der Waals surface area (Å²) in [6.45, 7) is 1.31. The van der Waals surface area contributed by atoms with Gasteiger partial charge in [0.1, 0.15) is 12.1 Å². The summed E-state index contributed by atoms with van der Waals surface area (Å²) in [5.41, 5.74) is 1.03. The number of fused-ring (bicyclic) bond motifs is 1. The van der Waals surface area contributed by atoms with Crippen LogP contribution in [0.1, 0.15) is 18.1 Å². The van der Waals surface area contributed by atoms with Gasteiger partial charge in [-0.2, -0.15) is 0 Å². The molecule has 1 saturated heterocycles. The zero-order valence-corrected chi connectivity index (χ0v) is 19.8. The summed E-state index contributed by atoms with van der Waals surface area (Å²) in [4.78, 5) is 40.6. The number of carbonyl (C=O) groups is 3. The smallest absolute Gasteiger partial charge is 0.325 e. The van der Waals surface area contributed by atoms with E-state index >= 15 is 0 Å². The van der Waals surface area contributed by atoms with Crippen LogP contribution in [0.15, 0.2) is 77.7 Å². The number of ether oxygens (including phenoxy) is 2. The van der Waals surface area contributed by atoms with Gasteiger partial charge in [0, 0.05) is 10.6 Å². The second-order valence-electron chi connectivity index (χ2n) is 8.33. The van der Waals surface area contributed by atoms with Gasteiger partial charge in [-0.05, 0) is 42.3 Å². The third kappa shape index (κ3) is 4.54. The molecule has 0 spiro atoms. The Bertz CT molecular complexity index is 1300. The van der Waals surface area contributed by atoms with Crippen molar-refractivity contribution in [2.24, 2.45) is 0 Å². The maximum absolute atomic E-state index is 13.2. The van der Waals surface area contributed by atoms with Gasteiger partial charge in [-0.15, -0.1) is 11.8 Å². The number of hydrogen-bond acceptors (Lipinski definition) is 6. The molecule has 0 aliphatic carbocycles. The summed E-state index contributed by atoms with van der Waals surface area (Å²) in [5, 5.41) is 5.56. The van der Waals surface area contributed by atoms with Crippen molar-refractivity contribution in [3.8, 4) is 11.5 Å². The van der Waals surface area contributed by atoms with Crippen molar-refractivity contribution >= 4 is 35.3 Å². The van der Waals surface area contributed by atoms with Crippen molar-refractivity contribution in [1.29, 1.82) is 0 Å². The Morgan fingerprint density at radius 2 is 1.77 bits per heavy atom. The molecule has 9 heteroatoms. The molecule has 4 amide bonds. The van der Waals surface area contributed by atoms with Crippen LogP contribution in [-0.4, -0.2) is 36.1 Å². The predicted molar refractivity (Wildman–Crippen MR) is 131 cm³/mol. The van der Waals surface area contributed by atoms with Gasteiger partial charge in [-0.1, -0.05) is 48.5 Å². The molecule has 8 nitrogen and oxygen atoms in total. The Morgan fingerprint density at radius 1 is 1.03 bits per heavy atom. The number of nitrogens with zero attached hydrogens (tertiary/aromatic N) is 1. The zero-order valence-electron chi connectivity index (χ0n) is 18.9. The van der Waals surface area contributed by atoms with Gasteiger partial charge in [0.25, 0.3) is 5.91 Å². The first-order chi connectivity index (χ1) is 16.9. The average Bonchev–Trinajstić information content (AvgIpc) is 3.42. The highest BCUT2D eigenvalue weighted by Crippen LogP contribution is 2.38. The van der Waals surface area contributed by atoms with Crippen LogP contribution >= 0.6 is 11.8 Å². The number of rotatable bonds is 7. The molecule has 178 valence electrons. The number of anilines is 1. The molecule has 0 aromatic heterocycles. The molecule has 2 aliphatic heterocycles. The van der Waals surface area contributed by atoms with E-state index in [4.69, 9.17) is 9.47 Å². The number of benzene rings is 3. The van der Waals surface area contributed by atoms with Crippen LogP contribution in [-0.2, 0) is 20.9 Å². The molecule has 3 aromatic rings. The van der Waals surface area contributed by atoms with Crippen molar-refractivity contribution in [3.63, 3.8) is 0 Å². The Kier molecular flexibility index (Phi) is 6.08. The summed E-state index contributed by atoms with van der Waals surface area (Å²) in [6.07, 6.45) is 0. The van der Waals surface area contributed by atoms with Crippen LogP contribution in [0.3, 0.4) is 0 Å². The van der Waals surface area contributed by atoms with Crippen molar-refractivity contribution in [3.05, 3.63) is 83.9 Å². The Morgan fingerprint density at radius 3 is 2.60 bits per heavy atom. The Balaban J connectivity index is 1.27. The molecular formula is C26H23N3O5S. The van der Waals surface area contributed by atoms with E-state index in [1.54, 1.807) is 43.0 Å². The highest BCUT2D eigenvalue weighted by molar-refractivity contribution is 7.98. The summed E-state index contributed by atoms with van der Waals surface area (Å²) >= 11 is 1.60. The lowest BCUT2D eigenvalue weighted by molar-refractivity contribution is -0.133. The minimum Gasteiger partial charge on any atom is -0.454 e. The fourth-order valence-electron chi connectivity index (χ4n) is 4.01. The maximum Gasteiger partial charge on any atom is 0.325 e. The molecule has 2 N–H and O–H groups in total. The van der Waals surface area contributed by atoms with E-state index in [0.717, 1.165) is 15.5 Å². The van der Waals surface area contributed by atoms with E-state index in [1.165, 1.54) is 5.56 Å². The second-order valence-corrected chi connectivity index (χ2v) is 9.35. The minimum absolute atomic E-state index is 0.104. The quantitative estimate of drug-likeness (QED) is 0.383. The molecule has 1 fully saturated rings. The highest BCUT2D eigenvalue weighted by Gasteiger charge is 2.49. The van der Waals surface area contributed by atoms with Crippen LogP contribution in [0, 0.1) is 0 Å². The standard InChI is InChI=1S/C26H23N3O5S/c1-26(18-11-12-20-21(13-18)34-16-33-20)24(31)29(25(32)28-26)14-23(30)27-19-9-5-6-10-22(19)35-15-17-7-3-2-4-8-17/h2-13H,14-16H2,1H3,(H,27,30)(H,28,32). The van der Waals surface area contributed by atoms with E-state index in [9.17, 15) is 14.4 Å². The third-order valence-corrected chi connectivity index (χ3v) is 7.07. The molecule has 5 rings (SSSR count). The Hall–Kier alpha value is -3.98. The number of urea groups is 1. The molecule has 1 unspecified atom stereocenters. The lowest BCUT2D eigenvalue weighted by atomic mass is 9.91. The first kappa shape index (κ1) is 22.8. The van der Waals surface area contributed by atoms with Crippen LogP contribution < -0.4 is 20.1 Å². The van der Waals surface area contributed by atoms with Gasteiger partial charge < -0.3 is 20.1 Å². The SMILES string of the molecule is CC1(c2ccc3c(c2)OCO3)NC(=O)N(CC(=O)Nc2ccccc2SCc2ccccc2)C1=O. The number of nitrogens with one attached hydrogen (secondary N) is 2. The molecule has 0 saturated carbocycles. The van der Waals surface area contributed by atoms with Gasteiger partial charge in [-0.25, -0.2) is 4.79 Å². The van der Waals surface area contributed by atoms with Crippen LogP contribution in [0.2, 0.25) is 0 Å². The topological polar surface area (TPSA) is 97.0 Å². The van der Waals surface area contributed by atoms with E-state index in [-0.39, 0.29) is 6.79 Å². The molecule has 0 radical (unpaired) electrons. The normalized spacial score (nSPS) is 18.5. The number of para-hydroxylation sites is 1. The lowest BCUT2D eigenvalue weighted by Gasteiger charge is -2.22. The molecule has 2 aliphatic rings. The molecular weight excluding hydrogens is 466 g/mol. The number of hydrogen-bond donors (Lipinski definition) is 2. The number of carbonyl (C=O) groups excluding carboxylic acids is 3. The fraction of sp³-hybridized carbons (Fsp3) is 0.192. The lowest BCUT2D eigenvalue weighted by Crippen LogP contribution is -2.42. The summed E-state index contributed by atoms with van der Waals surface area (Å²) in [6, 6.07) is 21.9. The first-order valence-electron chi connectivity index (χ1n) is 11.0. The van der Waals surface area contributed by atoms with Crippen LogP contribution in [0.25, 0.3) is 0 Å². The highest BCUT2D eigenvalue weighted by atomic mass is 32.2. The molecule has 2 heterocycles. The van der Waals surface area contributed by atoms with Crippen LogP contribution in [0.4, 0.5) is 10.5 Å². The van der Waals surface area contributed by atoms with Gasteiger partial charge in [0.2, 0.25) is 12.7 Å². The van der Waals surface area contributed by atoms with Gasteiger partial charge in [-0.3, -0.25) is 14.5 Å². The van der Waals surface area contributed by atoms with E-state index in [2.05, 4.69) is 10.6 Å². The van der Waals surface area contributed by atoms with Crippen molar-refractivity contribution < 1.29 is 23.9 Å². The molecule has 3 aromatic carbocycles. The molecule has 35 heavy (non-hydrogen) atoms. The second kappa shape index (κ2) is 9.34. The molecule has 0 bridgehead atoms. The minimum atomic E-state index is -1.32. The first-order valence-corrected chi connectivity index (χ1v) is 12.0. The van der Waals surface area contributed by atoms with Crippen molar-refractivity contribution in [1.82, 2.24) is 10.2 Å². The number of amides is 4. The number of imide groups is 1. The monoisotopic (exact) mass is 489 g/mol. The zero-order chi connectivity index (χ0) is 24.4. The molecule has 1 atom stereocenters. The van der Waals surface area contributed by atoms with Gasteiger partial charge in [0.05, 0.1) is 5.69 Å². The summed E-state index contributed by atoms with van der Waals surface area (Å²) in [5.74, 6) is 0.856. The summed E-state index contributed by atoms with van der Waals surface area (Å²) < 4.78 is 10.7. The van der Waals surface area contributed by atoms with Crippen LogP contribution in [0.5, 0.6) is 11.5 Å². The maximum atomic E-state index is 13.2. The Labute approximate surface area is 206 Å². The van der Waals surface area contributed by atoms with E-state index in [0.29, 0.717) is 22.7 Å². The van der Waals surface area contributed by atoms with Crippen molar-refractivity contribution in [2.45, 2.75) is 23.1 Å². The van der Waals surface area contributed by atoms with E-state index in [1.807, 2.05) is 48.5 Å². The fourth-order valence-corrected chi connectivity index (χ4v) is 4.97. The third-order valence-electron chi connectivity index (χ3n) is 5.92. The number of thioether (sulfide) groups is 1. The largest absolute Gasteiger partial charge is 0.454 e. The van der Waals surface area contributed by atoms with Gasteiger partial charge in [0.15, 0.2) is 11.5 Å². The summed E-state index contributed by atoms with van der Waals surface area (Å²) in [7, 11) is 0. The van der Waals surface area contributed by atoms with Crippen molar-refractivity contribution in [2.75, 3.05) is 18.7 Å². The average molecular weight is 490 g/mol. The predicted octanol–water partition coefficient (Wildman–Crippen LogP) is 4.11. The van der Waals surface area contributed by atoms with Gasteiger partial charge >= 0.3 is 6.03 Å². The van der Waals surface area contributed by atoms with E-state index < -0.39 is 29.9 Å².